The summed E-state index contributed by atoms with van der Waals surface area (Å²) in [6.45, 7) is 0. The molecule has 0 aliphatic carbocycles. The van der Waals surface area contributed by atoms with Crippen LogP contribution < -0.4 is 10.6 Å². The Bertz CT molecular complexity index is 1150. The first-order valence-corrected chi connectivity index (χ1v) is 8.40. The van der Waals surface area contributed by atoms with Crippen molar-refractivity contribution in [2.45, 2.75) is 0 Å². The minimum absolute atomic E-state index is 0.0805. The van der Waals surface area contributed by atoms with Gasteiger partial charge in [0.15, 0.2) is 0 Å². The molecule has 4 rings (SSSR count). The lowest BCUT2D eigenvalue weighted by molar-refractivity contribution is 0.0699. The van der Waals surface area contributed by atoms with Gasteiger partial charge in [-0.05, 0) is 36.4 Å². The molecule has 0 atom stereocenters. The lowest BCUT2D eigenvalue weighted by Gasteiger charge is -2.09. The van der Waals surface area contributed by atoms with Crippen LogP contribution in [0.3, 0.4) is 0 Å². The Morgan fingerprint density at radius 1 is 0.929 bits per heavy atom. The predicted octanol–water partition coefficient (Wildman–Crippen LogP) is 3.65. The molecule has 138 valence electrons. The number of rotatable bonds is 5. The number of aromatic amines is 1. The summed E-state index contributed by atoms with van der Waals surface area (Å²) in [6.07, 6.45) is 2.72. The van der Waals surface area contributed by atoms with E-state index < -0.39 is 5.97 Å². The van der Waals surface area contributed by atoms with Crippen LogP contribution >= 0.6 is 0 Å². The van der Waals surface area contributed by atoms with Crippen LogP contribution in [0.5, 0.6) is 0 Å². The lowest BCUT2D eigenvalue weighted by Crippen LogP contribution is -2.11. The molecule has 0 aliphatic rings. The highest BCUT2D eigenvalue weighted by molar-refractivity contribution is 6.07. The minimum atomic E-state index is -1.07. The monoisotopic (exact) mass is 373 g/mol. The van der Waals surface area contributed by atoms with Gasteiger partial charge in [0.05, 0.1) is 10.9 Å². The maximum Gasteiger partial charge on any atom is 0.338 e. The third-order valence-electron chi connectivity index (χ3n) is 4.14. The molecule has 8 nitrogen and oxygen atoms in total. The van der Waals surface area contributed by atoms with Crippen molar-refractivity contribution in [1.29, 1.82) is 0 Å². The van der Waals surface area contributed by atoms with Crippen molar-refractivity contribution in [3.05, 3.63) is 78.2 Å². The molecule has 0 bridgehead atoms. The summed E-state index contributed by atoms with van der Waals surface area (Å²) >= 11 is 0. The molecular weight excluding hydrogens is 358 g/mol. The van der Waals surface area contributed by atoms with Crippen LogP contribution in [0.4, 0.5) is 17.2 Å². The molecule has 0 fully saturated rings. The third kappa shape index (κ3) is 3.38. The van der Waals surface area contributed by atoms with Crippen molar-refractivity contribution in [1.82, 2.24) is 15.0 Å². The maximum atomic E-state index is 12.3. The summed E-state index contributed by atoms with van der Waals surface area (Å²) in [7, 11) is 0. The van der Waals surface area contributed by atoms with E-state index in [1.54, 1.807) is 24.3 Å². The van der Waals surface area contributed by atoms with Crippen LogP contribution in [0.2, 0.25) is 0 Å². The highest BCUT2D eigenvalue weighted by Gasteiger charge is 2.16. The van der Waals surface area contributed by atoms with Crippen molar-refractivity contribution in [3.63, 3.8) is 0 Å². The van der Waals surface area contributed by atoms with E-state index in [1.165, 1.54) is 12.5 Å². The van der Waals surface area contributed by atoms with Crippen molar-refractivity contribution in [3.8, 4) is 0 Å². The zero-order chi connectivity index (χ0) is 19.5. The Morgan fingerprint density at radius 2 is 1.68 bits per heavy atom. The molecule has 2 heterocycles. The molecule has 1 amide bonds. The van der Waals surface area contributed by atoms with Gasteiger partial charge in [0.25, 0.3) is 5.91 Å². The normalized spacial score (nSPS) is 10.6. The van der Waals surface area contributed by atoms with Crippen molar-refractivity contribution in [2.24, 2.45) is 0 Å². The minimum Gasteiger partial charge on any atom is -0.478 e. The molecule has 0 radical (unpaired) electrons. The third-order valence-corrected chi connectivity index (χ3v) is 4.14. The number of para-hydroxylation sites is 1. The van der Waals surface area contributed by atoms with E-state index in [0.717, 1.165) is 0 Å². The number of hydrogen-bond acceptors (Lipinski definition) is 5. The van der Waals surface area contributed by atoms with E-state index in [-0.39, 0.29) is 11.5 Å². The molecule has 28 heavy (non-hydrogen) atoms. The summed E-state index contributed by atoms with van der Waals surface area (Å²) in [5.41, 5.74) is 2.38. The number of carbonyl (C=O) groups excluding carboxylic acids is 1. The number of H-pyrrole nitrogens is 1. The van der Waals surface area contributed by atoms with Crippen molar-refractivity contribution in [2.75, 3.05) is 10.6 Å². The Hall–Kier alpha value is -4.20. The summed E-state index contributed by atoms with van der Waals surface area (Å²) in [4.78, 5) is 34.7. The van der Waals surface area contributed by atoms with Gasteiger partial charge in [-0.1, -0.05) is 18.2 Å². The smallest absolute Gasteiger partial charge is 0.338 e. The maximum absolute atomic E-state index is 12.3. The average Bonchev–Trinajstić information content (AvgIpc) is 3.15. The van der Waals surface area contributed by atoms with Crippen LogP contribution in [-0.4, -0.2) is 31.9 Å². The fourth-order valence-electron chi connectivity index (χ4n) is 2.79. The molecule has 8 heteroatoms. The van der Waals surface area contributed by atoms with Gasteiger partial charge in [-0.25, -0.2) is 14.8 Å². The first-order chi connectivity index (χ1) is 13.6. The molecule has 4 N–H and O–H groups in total. The highest BCUT2D eigenvalue weighted by Crippen LogP contribution is 2.26. The second kappa shape index (κ2) is 7.20. The first-order valence-electron chi connectivity index (χ1n) is 8.40. The SMILES string of the molecule is O=C(Nc1ccccc1)c1ccc(Nc2ncnc3[nH]cc(C(=O)O)c23)cc1. The molecule has 2 aromatic heterocycles. The van der Waals surface area contributed by atoms with Crippen LogP contribution in [-0.2, 0) is 0 Å². The lowest BCUT2D eigenvalue weighted by atomic mass is 10.1. The Balaban J connectivity index is 1.55. The van der Waals surface area contributed by atoms with Gasteiger partial charge in [0.1, 0.15) is 17.8 Å². The van der Waals surface area contributed by atoms with Crippen LogP contribution in [0, 0.1) is 0 Å². The number of carbonyl (C=O) groups is 2. The van der Waals surface area contributed by atoms with Gasteiger partial charge < -0.3 is 20.7 Å². The second-order valence-electron chi connectivity index (χ2n) is 5.98. The van der Waals surface area contributed by atoms with Crippen molar-refractivity contribution >= 4 is 40.1 Å². The standard InChI is InChI=1S/C20H15N5O3/c26-19(25-13-4-2-1-3-5-13)12-6-8-14(9-7-12)24-18-16-15(20(27)28)10-21-17(16)22-11-23-18/h1-11H,(H,25,26)(H,27,28)(H2,21,22,23,24). The number of benzene rings is 2. The number of aromatic nitrogens is 3. The van der Waals surface area contributed by atoms with Gasteiger partial charge in [0, 0.05) is 23.1 Å². The molecule has 0 spiro atoms. The topological polar surface area (TPSA) is 120 Å². The van der Waals surface area contributed by atoms with Crippen LogP contribution in [0.15, 0.2) is 67.1 Å². The van der Waals surface area contributed by atoms with E-state index in [2.05, 4.69) is 25.6 Å². The molecule has 4 aromatic rings. The van der Waals surface area contributed by atoms with Gasteiger partial charge in [0.2, 0.25) is 0 Å². The molecule has 2 aromatic carbocycles. The zero-order valence-electron chi connectivity index (χ0n) is 14.5. The fourth-order valence-corrected chi connectivity index (χ4v) is 2.79. The number of nitrogens with zero attached hydrogens (tertiary/aromatic N) is 2. The summed E-state index contributed by atoms with van der Waals surface area (Å²) in [5, 5.41) is 15.6. The van der Waals surface area contributed by atoms with E-state index >= 15 is 0 Å². The van der Waals surface area contributed by atoms with E-state index in [0.29, 0.717) is 33.8 Å². The van der Waals surface area contributed by atoms with Gasteiger partial charge in [-0.15, -0.1) is 0 Å². The van der Waals surface area contributed by atoms with Gasteiger partial charge in [-0.2, -0.15) is 0 Å². The van der Waals surface area contributed by atoms with E-state index in [1.807, 2.05) is 30.3 Å². The first kappa shape index (κ1) is 17.2. The van der Waals surface area contributed by atoms with Crippen molar-refractivity contribution < 1.29 is 14.7 Å². The number of carboxylic acid groups (broad SMARTS) is 1. The Labute approximate surface area is 159 Å². The van der Waals surface area contributed by atoms with Gasteiger partial charge in [-0.3, -0.25) is 4.79 Å². The zero-order valence-corrected chi connectivity index (χ0v) is 14.5. The van der Waals surface area contributed by atoms with E-state index in [9.17, 15) is 14.7 Å². The molecular formula is C20H15N5O3. The molecule has 0 aliphatic heterocycles. The number of nitrogens with one attached hydrogen (secondary N) is 3. The molecule has 0 saturated heterocycles. The quantitative estimate of drug-likeness (QED) is 0.424. The number of fused-ring (bicyclic) bond motifs is 1. The predicted molar refractivity (Wildman–Crippen MR) is 105 cm³/mol. The Morgan fingerprint density at radius 3 is 2.39 bits per heavy atom. The van der Waals surface area contributed by atoms with Crippen LogP contribution in [0.1, 0.15) is 20.7 Å². The average molecular weight is 373 g/mol. The van der Waals surface area contributed by atoms with Gasteiger partial charge >= 0.3 is 5.97 Å². The van der Waals surface area contributed by atoms with Crippen LogP contribution in [0.25, 0.3) is 11.0 Å². The second-order valence-corrected chi connectivity index (χ2v) is 5.98. The van der Waals surface area contributed by atoms with E-state index in [4.69, 9.17) is 0 Å². The number of amides is 1. The summed E-state index contributed by atoms with van der Waals surface area (Å²) < 4.78 is 0. The Kier molecular flexibility index (Phi) is 4.43. The molecule has 0 saturated carbocycles. The fraction of sp³-hybridized carbons (Fsp3) is 0. The molecule has 0 unspecified atom stereocenters. The summed E-state index contributed by atoms with van der Waals surface area (Å²) in [6, 6.07) is 16.0. The number of carboxylic acids is 1. The number of aromatic carboxylic acids is 1. The largest absolute Gasteiger partial charge is 0.478 e. The highest BCUT2D eigenvalue weighted by atomic mass is 16.4. The number of hydrogen-bond donors (Lipinski definition) is 4. The number of anilines is 3. The summed E-state index contributed by atoms with van der Waals surface area (Å²) in [5.74, 6) is -0.928.